The minimum Gasteiger partial charge on any atom is -0.406 e. The Hall–Kier alpha value is -1.72. The van der Waals surface area contributed by atoms with Gasteiger partial charge in [-0.2, -0.15) is 0 Å². The Balaban J connectivity index is 1.96. The molecule has 0 aromatic heterocycles. The lowest BCUT2D eigenvalue weighted by Crippen LogP contribution is -2.17. The third-order valence-electron chi connectivity index (χ3n) is 2.75. The number of nitrogens with one attached hydrogen (secondary N) is 1. The van der Waals surface area contributed by atoms with Crippen LogP contribution in [0.4, 0.5) is 18.9 Å². The zero-order valence-corrected chi connectivity index (χ0v) is 10.3. The quantitative estimate of drug-likeness (QED) is 0.883. The monoisotopic (exact) mass is 272 g/mol. The van der Waals surface area contributed by atoms with Crippen LogP contribution in [-0.2, 0) is 0 Å². The van der Waals surface area contributed by atoms with E-state index in [2.05, 4.69) is 15.0 Å². The maximum absolute atomic E-state index is 12.0. The van der Waals surface area contributed by atoms with Crippen LogP contribution in [0, 0.1) is 0 Å². The topological polar surface area (TPSA) is 33.6 Å². The second-order valence-electron chi connectivity index (χ2n) is 4.34. The Bertz CT molecular complexity index is 440. The van der Waals surface area contributed by atoms with E-state index >= 15 is 0 Å². The minimum absolute atomic E-state index is 0.221. The van der Waals surface area contributed by atoms with Gasteiger partial charge in [0.15, 0.2) is 0 Å². The highest BCUT2D eigenvalue weighted by molar-refractivity contribution is 5.95. The van der Waals surface area contributed by atoms with Gasteiger partial charge in [0.25, 0.3) is 0 Å². The molecule has 3 nitrogen and oxygen atoms in total. The molecule has 1 aliphatic rings. The van der Waals surface area contributed by atoms with Crippen LogP contribution in [-0.4, -0.2) is 18.7 Å². The first kappa shape index (κ1) is 13.7. The van der Waals surface area contributed by atoms with Gasteiger partial charge in [-0.1, -0.05) is 6.42 Å². The molecule has 1 aromatic rings. The molecule has 0 unspecified atom stereocenters. The van der Waals surface area contributed by atoms with E-state index in [1.165, 1.54) is 12.1 Å². The lowest BCUT2D eigenvalue weighted by Gasteiger charge is -2.11. The third-order valence-corrected chi connectivity index (χ3v) is 2.75. The van der Waals surface area contributed by atoms with Crippen molar-refractivity contribution in [2.24, 2.45) is 4.99 Å². The Morgan fingerprint density at radius 3 is 2.47 bits per heavy atom. The van der Waals surface area contributed by atoms with Crippen molar-refractivity contribution in [3.05, 3.63) is 24.3 Å². The van der Waals surface area contributed by atoms with Crippen molar-refractivity contribution in [1.29, 1.82) is 0 Å². The van der Waals surface area contributed by atoms with Gasteiger partial charge in [0.1, 0.15) is 11.6 Å². The molecule has 1 aliphatic heterocycles. The van der Waals surface area contributed by atoms with Crippen LogP contribution in [0.15, 0.2) is 29.3 Å². The highest BCUT2D eigenvalue weighted by atomic mass is 19.4. The van der Waals surface area contributed by atoms with Gasteiger partial charge >= 0.3 is 6.36 Å². The van der Waals surface area contributed by atoms with Gasteiger partial charge in [-0.05, 0) is 37.1 Å². The van der Waals surface area contributed by atoms with Crippen molar-refractivity contribution in [3.63, 3.8) is 0 Å². The summed E-state index contributed by atoms with van der Waals surface area (Å²) in [4.78, 5) is 4.39. The Kier molecular flexibility index (Phi) is 4.29. The molecule has 6 heteroatoms. The number of halogens is 3. The van der Waals surface area contributed by atoms with Gasteiger partial charge in [-0.15, -0.1) is 13.2 Å². The van der Waals surface area contributed by atoms with E-state index < -0.39 is 6.36 Å². The second kappa shape index (κ2) is 5.95. The smallest absolute Gasteiger partial charge is 0.406 e. The van der Waals surface area contributed by atoms with E-state index in [-0.39, 0.29) is 5.75 Å². The van der Waals surface area contributed by atoms with E-state index in [4.69, 9.17) is 0 Å². The van der Waals surface area contributed by atoms with Crippen molar-refractivity contribution < 1.29 is 17.9 Å². The molecular weight excluding hydrogens is 257 g/mol. The van der Waals surface area contributed by atoms with Gasteiger partial charge in [0, 0.05) is 18.7 Å². The second-order valence-corrected chi connectivity index (χ2v) is 4.34. The first-order valence-electron chi connectivity index (χ1n) is 6.19. The van der Waals surface area contributed by atoms with Crippen LogP contribution in [0.5, 0.6) is 5.75 Å². The van der Waals surface area contributed by atoms with Crippen LogP contribution < -0.4 is 10.1 Å². The Morgan fingerprint density at radius 2 is 1.79 bits per heavy atom. The van der Waals surface area contributed by atoms with E-state index in [9.17, 15) is 13.2 Å². The molecule has 2 rings (SSSR count). The molecule has 104 valence electrons. The van der Waals surface area contributed by atoms with Crippen molar-refractivity contribution in [3.8, 4) is 5.75 Å². The number of rotatable bonds is 2. The molecule has 1 aromatic carbocycles. The van der Waals surface area contributed by atoms with Gasteiger partial charge < -0.3 is 10.1 Å². The SMILES string of the molecule is FC(F)(F)Oc1ccc(NC2=NCCCCC2)cc1. The van der Waals surface area contributed by atoms with Crippen molar-refractivity contribution in [2.45, 2.75) is 32.0 Å². The van der Waals surface area contributed by atoms with Gasteiger partial charge in [-0.3, -0.25) is 4.99 Å². The minimum atomic E-state index is -4.65. The molecule has 0 saturated heterocycles. The lowest BCUT2D eigenvalue weighted by molar-refractivity contribution is -0.274. The molecule has 0 fully saturated rings. The number of aliphatic imine (C=N–C) groups is 1. The Morgan fingerprint density at radius 1 is 1.05 bits per heavy atom. The average Bonchev–Trinajstić information content (AvgIpc) is 2.58. The van der Waals surface area contributed by atoms with E-state index in [1.807, 2.05) is 0 Å². The average molecular weight is 272 g/mol. The molecule has 0 radical (unpaired) electrons. The predicted octanol–water partition coefficient (Wildman–Crippen LogP) is 3.97. The molecular formula is C13H15F3N2O. The fourth-order valence-corrected chi connectivity index (χ4v) is 1.88. The predicted molar refractivity (Wildman–Crippen MR) is 67.5 cm³/mol. The van der Waals surface area contributed by atoms with E-state index in [0.29, 0.717) is 0 Å². The van der Waals surface area contributed by atoms with Crippen LogP contribution in [0.1, 0.15) is 25.7 Å². The molecule has 0 aliphatic carbocycles. The Labute approximate surface area is 109 Å². The number of alkyl halides is 3. The number of benzene rings is 1. The summed E-state index contributed by atoms with van der Waals surface area (Å²) in [7, 11) is 0. The third kappa shape index (κ3) is 4.81. The molecule has 0 amide bonds. The molecule has 0 bridgehead atoms. The number of anilines is 1. The van der Waals surface area contributed by atoms with Crippen LogP contribution >= 0.6 is 0 Å². The number of ether oxygens (including phenoxy) is 1. The van der Waals surface area contributed by atoms with Gasteiger partial charge in [0.2, 0.25) is 0 Å². The molecule has 1 heterocycles. The largest absolute Gasteiger partial charge is 0.573 e. The van der Waals surface area contributed by atoms with Gasteiger partial charge in [-0.25, -0.2) is 0 Å². The summed E-state index contributed by atoms with van der Waals surface area (Å²) in [5, 5.41) is 3.12. The summed E-state index contributed by atoms with van der Waals surface area (Å²) in [5.41, 5.74) is 0.718. The zero-order valence-electron chi connectivity index (χ0n) is 10.3. The summed E-state index contributed by atoms with van der Waals surface area (Å²) in [6, 6.07) is 5.67. The normalized spacial score (nSPS) is 16.5. The number of nitrogens with zero attached hydrogens (tertiary/aromatic N) is 1. The maximum atomic E-state index is 12.0. The summed E-state index contributed by atoms with van der Waals surface area (Å²) in [6.07, 6.45) is -0.446. The van der Waals surface area contributed by atoms with Crippen LogP contribution in [0.2, 0.25) is 0 Å². The number of hydrogen-bond donors (Lipinski definition) is 1. The van der Waals surface area contributed by atoms with Crippen molar-refractivity contribution >= 4 is 11.5 Å². The highest BCUT2D eigenvalue weighted by Gasteiger charge is 2.30. The lowest BCUT2D eigenvalue weighted by atomic mass is 10.2. The first-order chi connectivity index (χ1) is 9.03. The number of amidine groups is 1. The van der Waals surface area contributed by atoms with Gasteiger partial charge in [0.05, 0.1) is 0 Å². The fourth-order valence-electron chi connectivity index (χ4n) is 1.88. The number of hydrogen-bond acceptors (Lipinski definition) is 3. The molecule has 19 heavy (non-hydrogen) atoms. The zero-order chi connectivity index (χ0) is 13.7. The molecule has 0 spiro atoms. The summed E-state index contributed by atoms with van der Waals surface area (Å²) >= 11 is 0. The first-order valence-corrected chi connectivity index (χ1v) is 6.19. The van der Waals surface area contributed by atoms with E-state index in [1.54, 1.807) is 12.1 Å². The van der Waals surface area contributed by atoms with Crippen LogP contribution in [0.3, 0.4) is 0 Å². The molecule has 0 atom stereocenters. The fraction of sp³-hybridized carbons (Fsp3) is 0.462. The summed E-state index contributed by atoms with van der Waals surface area (Å²) in [6.45, 7) is 0.803. The highest BCUT2D eigenvalue weighted by Crippen LogP contribution is 2.24. The molecule has 1 N–H and O–H groups in total. The molecule has 0 saturated carbocycles. The summed E-state index contributed by atoms with van der Waals surface area (Å²) in [5.74, 6) is 0.669. The van der Waals surface area contributed by atoms with E-state index in [0.717, 1.165) is 43.8 Å². The van der Waals surface area contributed by atoms with Crippen molar-refractivity contribution in [1.82, 2.24) is 0 Å². The van der Waals surface area contributed by atoms with Crippen molar-refractivity contribution in [2.75, 3.05) is 11.9 Å². The standard InChI is InChI=1S/C13H15F3N2O/c14-13(15,16)19-11-7-5-10(6-8-11)18-12-4-2-1-3-9-17-12/h5-8H,1-4,9H2,(H,17,18). The van der Waals surface area contributed by atoms with Crippen LogP contribution in [0.25, 0.3) is 0 Å². The maximum Gasteiger partial charge on any atom is 0.573 e. The summed E-state index contributed by atoms with van der Waals surface area (Å²) < 4.78 is 39.8.